The molecule has 0 amide bonds. The Kier molecular flexibility index (Phi) is 2.96. The van der Waals surface area contributed by atoms with E-state index >= 15 is 0 Å². The Balaban J connectivity index is 1.85. The molecule has 6 rings (SSSR count). The average molecular weight is 361 g/mol. The van der Waals surface area contributed by atoms with E-state index in [1.54, 1.807) is 0 Å². The van der Waals surface area contributed by atoms with Gasteiger partial charge in [0.25, 0.3) is 0 Å². The third kappa shape index (κ3) is 1.64. The molecule has 28 heavy (non-hydrogen) atoms. The van der Waals surface area contributed by atoms with Gasteiger partial charge in [0.05, 0.1) is 5.41 Å². The quantitative estimate of drug-likeness (QED) is 0.408. The van der Waals surface area contributed by atoms with Crippen LogP contribution in [0, 0.1) is 12.3 Å². The zero-order chi connectivity index (χ0) is 19.1. The Morgan fingerprint density at radius 3 is 2.07 bits per heavy atom. The predicted molar refractivity (Wildman–Crippen MR) is 117 cm³/mol. The molecule has 2 atom stereocenters. The topological polar surface area (TPSA) is 0 Å². The van der Waals surface area contributed by atoms with Gasteiger partial charge >= 0.3 is 0 Å². The van der Waals surface area contributed by atoms with Crippen molar-refractivity contribution in [2.45, 2.75) is 32.1 Å². The molecule has 0 radical (unpaired) electrons. The van der Waals surface area contributed by atoms with Crippen molar-refractivity contribution in [3.63, 3.8) is 0 Å². The SMILES string of the molecule is CC1=CC2(C)C(C=C1)c1ccc(C)cc1C21c2ccccc2-c2ccccc21. The molecule has 2 unspecified atom stereocenters. The number of fused-ring (bicyclic) bond motifs is 10. The van der Waals surface area contributed by atoms with E-state index in [1.165, 1.54) is 44.5 Å². The van der Waals surface area contributed by atoms with Crippen molar-refractivity contribution in [3.8, 4) is 11.1 Å². The molecule has 0 fully saturated rings. The summed E-state index contributed by atoms with van der Waals surface area (Å²) < 4.78 is 0. The minimum atomic E-state index is -0.141. The molecule has 3 aromatic rings. The number of rotatable bonds is 0. The molecule has 3 aromatic carbocycles. The summed E-state index contributed by atoms with van der Waals surface area (Å²) in [6.07, 6.45) is 7.30. The maximum atomic E-state index is 2.55. The van der Waals surface area contributed by atoms with Crippen molar-refractivity contribution in [2.75, 3.05) is 0 Å². The molecule has 0 heteroatoms. The van der Waals surface area contributed by atoms with Gasteiger partial charge in [0, 0.05) is 11.3 Å². The van der Waals surface area contributed by atoms with E-state index in [0.29, 0.717) is 5.92 Å². The van der Waals surface area contributed by atoms with Gasteiger partial charge in [0.1, 0.15) is 0 Å². The van der Waals surface area contributed by atoms with Gasteiger partial charge < -0.3 is 0 Å². The summed E-state index contributed by atoms with van der Waals surface area (Å²) >= 11 is 0. The van der Waals surface area contributed by atoms with Gasteiger partial charge in [-0.25, -0.2) is 0 Å². The van der Waals surface area contributed by atoms with Crippen LogP contribution in [0.2, 0.25) is 0 Å². The molecular weight excluding hydrogens is 336 g/mol. The van der Waals surface area contributed by atoms with Crippen LogP contribution in [0.1, 0.15) is 47.6 Å². The van der Waals surface area contributed by atoms with Crippen LogP contribution >= 0.6 is 0 Å². The van der Waals surface area contributed by atoms with E-state index in [1.807, 2.05) is 0 Å². The highest BCUT2D eigenvalue weighted by Crippen LogP contribution is 2.71. The molecule has 0 bridgehead atoms. The number of allylic oxidation sites excluding steroid dienone is 4. The van der Waals surface area contributed by atoms with E-state index in [2.05, 4.69) is 106 Å². The zero-order valence-corrected chi connectivity index (χ0v) is 16.7. The average Bonchev–Trinajstić information content (AvgIpc) is 3.11. The summed E-state index contributed by atoms with van der Waals surface area (Å²) in [5.74, 6) is 0.394. The van der Waals surface area contributed by atoms with E-state index in [9.17, 15) is 0 Å². The lowest BCUT2D eigenvalue weighted by atomic mass is 9.55. The van der Waals surface area contributed by atoms with Crippen LogP contribution in [0.4, 0.5) is 0 Å². The van der Waals surface area contributed by atoms with Gasteiger partial charge in [-0.2, -0.15) is 0 Å². The van der Waals surface area contributed by atoms with Crippen LogP contribution < -0.4 is 0 Å². The van der Waals surface area contributed by atoms with E-state index in [4.69, 9.17) is 0 Å². The zero-order valence-electron chi connectivity index (χ0n) is 16.7. The van der Waals surface area contributed by atoms with Crippen molar-refractivity contribution < 1.29 is 0 Å². The first-order valence-corrected chi connectivity index (χ1v) is 10.3. The summed E-state index contributed by atoms with van der Waals surface area (Å²) in [5.41, 5.74) is 11.2. The van der Waals surface area contributed by atoms with Gasteiger partial charge in [-0.15, -0.1) is 0 Å². The number of benzene rings is 3. The van der Waals surface area contributed by atoms with Crippen LogP contribution in [0.3, 0.4) is 0 Å². The summed E-state index contributed by atoms with van der Waals surface area (Å²) in [6.45, 7) is 6.95. The van der Waals surface area contributed by atoms with Crippen LogP contribution in [0.25, 0.3) is 11.1 Å². The second-order valence-corrected chi connectivity index (χ2v) is 8.94. The molecule has 0 aromatic heterocycles. The fraction of sp³-hybridized carbons (Fsp3) is 0.214. The molecule has 0 saturated carbocycles. The third-order valence-electron chi connectivity index (χ3n) is 7.43. The fourth-order valence-electron chi connectivity index (χ4n) is 6.49. The molecule has 0 aliphatic heterocycles. The Hall–Kier alpha value is -2.86. The van der Waals surface area contributed by atoms with E-state index < -0.39 is 0 Å². The Morgan fingerprint density at radius 1 is 0.750 bits per heavy atom. The Bertz CT molecular complexity index is 1160. The maximum absolute atomic E-state index is 2.55. The monoisotopic (exact) mass is 360 g/mol. The summed E-state index contributed by atoms with van der Waals surface area (Å²) in [6, 6.07) is 25.3. The first kappa shape index (κ1) is 16.1. The minimum Gasteiger partial charge on any atom is -0.0758 e. The van der Waals surface area contributed by atoms with Crippen molar-refractivity contribution in [2.24, 2.45) is 5.41 Å². The highest BCUT2D eigenvalue weighted by molar-refractivity contribution is 5.86. The maximum Gasteiger partial charge on any atom is 0.0563 e. The van der Waals surface area contributed by atoms with Gasteiger partial charge in [-0.1, -0.05) is 103 Å². The van der Waals surface area contributed by atoms with E-state index in [0.717, 1.165) is 0 Å². The number of hydrogen-bond donors (Lipinski definition) is 0. The second kappa shape index (κ2) is 5.14. The minimum absolute atomic E-state index is 0.0231. The molecule has 0 nitrogen and oxygen atoms in total. The molecule has 3 aliphatic carbocycles. The normalized spacial score (nSPS) is 25.1. The largest absolute Gasteiger partial charge is 0.0758 e. The van der Waals surface area contributed by atoms with Crippen LogP contribution in [0.5, 0.6) is 0 Å². The van der Waals surface area contributed by atoms with Gasteiger partial charge in [-0.3, -0.25) is 0 Å². The summed E-state index contributed by atoms with van der Waals surface area (Å²) in [5, 5.41) is 0. The third-order valence-corrected chi connectivity index (χ3v) is 7.43. The van der Waals surface area contributed by atoms with E-state index in [-0.39, 0.29) is 10.8 Å². The standard InChI is InChI=1S/C28H24/c1-18-12-14-22-23-15-13-19(2)17-27(23,3)28(26(22)16-18)24-10-6-4-8-20(24)21-9-5-7-11-25(21)28/h4-17,23H,1-3H3. The first-order valence-electron chi connectivity index (χ1n) is 10.3. The summed E-state index contributed by atoms with van der Waals surface area (Å²) in [4.78, 5) is 0. The van der Waals surface area contributed by atoms with Crippen molar-refractivity contribution in [1.29, 1.82) is 0 Å². The molecule has 136 valence electrons. The molecule has 0 saturated heterocycles. The van der Waals surface area contributed by atoms with Crippen LogP contribution in [0.15, 0.2) is 90.5 Å². The van der Waals surface area contributed by atoms with Crippen molar-refractivity contribution >= 4 is 0 Å². The number of hydrogen-bond acceptors (Lipinski definition) is 0. The van der Waals surface area contributed by atoms with Crippen LogP contribution in [-0.2, 0) is 5.41 Å². The van der Waals surface area contributed by atoms with Crippen molar-refractivity contribution in [3.05, 3.63) is 118 Å². The lowest BCUT2D eigenvalue weighted by Crippen LogP contribution is -2.42. The second-order valence-electron chi connectivity index (χ2n) is 8.94. The van der Waals surface area contributed by atoms with Crippen LogP contribution in [-0.4, -0.2) is 0 Å². The molecule has 0 N–H and O–H groups in total. The molecular formula is C28H24. The smallest absolute Gasteiger partial charge is 0.0563 e. The highest BCUT2D eigenvalue weighted by Gasteiger charge is 2.63. The molecule has 0 heterocycles. The van der Waals surface area contributed by atoms with Gasteiger partial charge in [0.2, 0.25) is 0 Å². The number of aryl methyl sites for hydroxylation is 1. The highest BCUT2D eigenvalue weighted by atomic mass is 14.6. The molecule has 1 spiro atoms. The Morgan fingerprint density at radius 2 is 1.39 bits per heavy atom. The fourth-order valence-corrected chi connectivity index (χ4v) is 6.49. The Labute approximate surface area is 167 Å². The lowest BCUT2D eigenvalue weighted by molar-refractivity contribution is 0.292. The summed E-state index contributed by atoms with van der Waals surface area (Å²) in [7, 11) is 0. The van der Waals surface area contributed by atoms with Gasteiger partial charge in [0.15, 0.2) is 0 Å². The predicted octanol–water partition coefficient (Wildman–Crippen LogP) is 6.93. The van der Waals surface area contributed by atoms with Gasteiger partial charge in [-0.05, 0) is 47.2 Å². The first-order chi connectivity index (χ1) is 13.6. The lowest BCUT2D eigenvalue weighted by Gasteiger charge is -2.45. The van der Waals surface area contributed by atoms with Crippen molar-refractivity contribution in [1.82, 2.24) is 0 Å². The molecule has 3 aliphatic rings.